The van der Waals surface area contributed by atoms with E-state index in [4.69, 9.17) is 23.2 Å². The van der Waals surface area contributed by atoms with Crippen molar-refractivity contribution < 1.29 is 9.18 Å². The fourth-order valence-corrected chi connectivity index (χ4v) is 2.68. The Morgan fingerprint density at radius 2 is 2.00 bits per heavy atom. The van der Waals surface area contributed by atoms with Crippen LogP contribution < -0.4 is 10.6 Å². The summed E-state index contributed by atoms with van der Waals surface area (Å²) in [7, 11) is 1.85. The van der Waals surface area contributed by atoms with Gasteiger partial charge in [-0.2, -0.15) is 0 Å². The van der Waals surface area contributed by atoms with Crippen LogP contribution in [-0.2, 0) is 20.1 Å². The smallest absolute Gasteiger partial charge is 0.315 e. The van der Waals surface area contributed by atoms with Crippen LogP contribution in [0.2, 0.25) is 10.0 Å². The number of pyridine rings is 1. The average molecular weight is 382 g/mol. The molecule has 0 spiro atoms. The zero-order valence-electron chi connectivity index (χ0n) is 13.2. The van der Waals surface area contributed by atoms with Crippen LogP contribution in [0, 0.1) is 5.82 Å². The number of benzene rings is 1. The first kappa shape index (κ1) is 17.4. The Labute approximate surface area is 153 Å². The summed E-state index contributed by atoms with van der Waals surface area (Å²) in [6.07, 6.45) is 1.38. The van der Waals surface area contributed by atoms with Gasteiger partial charge in [0.1, 0.15) is 5.82 Å². The standard InChI is InChI=1S/C16H14Cl2FN5O/c1-24-13-3-2-9(17)6-11(13)23-14(24)8-22-16(25)21-7-12-15(19)10(18)4-5-20-12/h2-6H,7-8H2,1H3,(H2,21,22,25). The van der Waals surface area contributed by atoms with Gasteiger partial charge in [0, 0.05) is 18.3 Å². The molecule has 2 heterocycles. The minimum atomic E-state index is -0.642. The van der Waals surface area contributed by atoms with Crippen molar-refractivity contribution in [2.45, 2.75) is 13.1 Å². The summed E-state index contributed by atoms with van der Waals surface area (Å²) in [5, 5.41) is 5.76. The van der Waals surface area contributed by atoms with Crippen LogP contribution in [0.3, 0.4) is 0 Å². The molecule has 25 heavy (non-hydrogen) atoms. The van der Waals surface area contributed by atoms with Crippen LogP contribution in [0.4, 0.5) is 9.18 Å². The van der Waals surface area contributed by atoms with Gasteiger partial charge in [0.05, 0.1) is 34.8 Å². The highest BCUT2D eigenvalue weighted by Gasteiger charge is 2.11. The third kappa shape index (κ3) is 3.83. The van der Waals surface area contributed by atoms with Crippen LogP contribution in [-0.4, -0.2) is 20.6 Å². The molecule has 3 rings (SSSR count). The van der Waals surface area contributed by atoms with Crippen molar-refractivity contribution in [1.82, 2.24) is 25.2 Å². The zero-order chi connectivity index (χ0) is 18.0. The number of aromatic nitrogens is 3. The second-order valence-electron chi connectivity index (χ2n) is 5.31. The fourth-order valence-electron chi connectivity index (χ4n) is 2.35. The molecule has 1 aromatic carbocycles. The first-order chi connectivity index (χ1) is 12.0. The number of imidazole rings is 1. The second-order valence-corrected chi connectivity index (χ2v) is 6.15. The Morgan fingerprint density at radius 1 is 1.24 bits per heavy atom. The van der Waals surface area contributed by atoms with Crippen molar-refractivity contribution in [2.75, 3.05) is 0 Å². The van der Waals surface area contributed by atoms with Gasteiger partial charge >= 0.3 is 6.03 Å². The van der Waals surface area contributed by atoms with E-state index >= 15 is 0 Å². The topological polar surface area (TPSA) is 71.8 Å². The van der Waals surface area contributed by atoms with Gasteiger partial charge in [0.2, 0.25) is 0 Å². The number of fused-ring (bicyclic) bond motifs is 1. The van der Waals surface area contributed by atoms with Crippen molar-refractivity contribution in [3.63, 3.8) is 0 Å². The molecule has 0 aliphatic carbocycles. The van der Waals surface area contributed by atoms with E-state index in [2.05, 4.69) is 20.6 Å². The first-order valence-electron chi connectivity index (χ1n) is 7.37. The maximum atomic E-state index is 13.7. The molecule has 0 unspecified atom stereocenters. The summed E-state index contributed by atoms with van der Waals surface area (Å²) in [6, 6.07) is 6.28. The molecule has 0 saturated carbocycles. The number of carbonyl (C=O) groups excluding carboxylic acids is 1. The molecule has 2 N–H and O–H groups in total. The van der Waals surface area contributed by atoms with Gasteiger partial charge in [-0.1, -0.05) is 23.2 Å². The Balaban J connectivity index is 1.61. The van der Waals surface area contributed by atoms with Gasteiger partial charge in [-0.15, -0.1) is 0 Å². The number of urea groups is 1. The lowest BCUT2D eigenvalue weighted by Gasteiger charge is -2.08. The molecule has 9 heteroatoms. The number of hydrogen-bond acceptors (Lipinski definition) is 3. The SMILES string of the molecule is Cn1c(CNC(=O)NCc2nccc(Cl)c2F)nc2cc(Cl)ccc21. The molecule has 0 fully saturated rings. The van der Waals surface area contributed by atoms with Crippen molar-refractivity contribution in [1.29, 1.82) is 0 Å². The number of hydrogen-bond donors (Lipinski definition) is 2. The lowest BCUT2D eigenvalue weighted by molar-refractivity contribution is 0.239. The fraction of sp³-hybridized carbons (Fsp3) is 0.188. The van der Waals surface area contributed by atoms with Gasteiger partial charge in [-0.3, -0.25) is 4.98 Å². The number of nitrogens with zero attached hydrogens (tertiary/aromatic N) is 3. The van der Waals surface area contributed by atoms with E-state index in [1.807, 2.05) is 17.7 Å². The molecule has 0 bridgehead atoms. The monoisotopic (exact) mass is 381 g/mol. The van der Waals surface area contributed by atoms with Crippen LogP contribution >= 0.6 is 23.2 Å². The second kappa shape index (κ2) is 7.25. The van der Waals surface area contributed by atoms with Gasteiger partial charge in [0.15, 0.2) is 5.82 Å². The highest BCUT2D eigenvalue weighted by atomic mass is 35.5. The van der Waals surface area contributed by atoms with Gasteiger partial charge in [-0.05, 0) is 24.3 Å². The van der Waals surface area contributed by atoms with Crippen molar-refractivity contribution in [3.05, 3.63) is 57.8 Å². The molecule has 0 aliphatic rings. The number of amides is 2. The largest absolute Gasteiger partial charge is 0.332 e. The number of aryl methyl sites for hydroxylation is 1. The quantitative estimate of drug-likeness (QED) is 0.727. The molecular formula is C16H14Cl2FN5O. The summed E-state index contributed by atoms with van der Waals surface area (Å²) in [4.78, 5) is 20.2. The van der Waals surface area contributed by atoms with Gasteiger partial charge < -0.3 is 15.2 Å². The maximum Gasteiger partial charge on any atom is 0.315 e. The lowest BCUT2D eigenvalue weighted by atomic mass is 10.3. The van der Waals surface area contributed by atoms with Crippen LogP contribution in [0.5, 0.6) is 0 Å². The first-order valence-corrected chi connectivity index (χ1v) is 8.12. The summed E-state index contributed by atoms with van der Waals surface area (Å²) in [5.41, 5.74) is 1.73. The molecule has 0 radical (unpaired) electrons. The molecule has 2 amide bonds. The van der Waals surface area contributed by atoms with E-state index in [9.17, 15) is 9.18 Å². The molecule has 130 valence electrons. The molecule has 6 nitrogen and oxygen atoms in total. The van der Waals surface area contributed by atoms with Crippen LogP contribution in [0.1, 0.15) is 11.5 Å². The number of halogens is 3. The summed E-state index contributed by atoms with van der Waals surface area (Å²) in [5.74, 6) is 0.0242. The maximum absolute atomic E-state index is 13.7. The Bertz CT molecular complexity index is 944. The Hall–Kier alpha value is -2.38. The normalized spacial score (nSPS) is 10.9. The molecule has 0 atom stereocenters. The molecule has 0 aliphatic heterocycles. The number of carbonyl (C=O) groups is 1. The van der Waals surface area contributed by atoms with E-state index in [0.717, 1.165) is 11.0 Å². The van der Waals surface area contributed by atoms with E-state index in [1.165, 1.54) is 12.3 Å². The van der Waals surface area contributed by atoms with E-state index in [1.54, 1.807) is 12.1 Å². The predicted octanol–water partition coefficient (Wildman–Crippen LogP) is 3.41. The summed E-state index contributed by atoms with van der Waals surface area (Å²) >= 11 is 11.6. The van der Waals surface area contributed by atoms with Crippen LogP contribution in [0.15, 0.2) is 30.5 Å². The summed E-state index contributed by atoms with van der Waals surface area (Å²) < 4.78 is 15.6. The number of nitrogens with one attached hydrogen (secondary N) is 2. The van der Waals surface area contributed by atoms with Crippen molar-refractivity contribution in [3.8, 4) is 0 Å². The minimum Gasteiger partial charge on any atom is -0.332 e. The molecule has 2 aromatic heterocycles. The zero-order valence-corrected chi connectivity index (χ0v) is 14.7. The van der Waals surface area contributed by atoms with Crippen LogP contribution in [0.25, 0.3) is 11.0 Å². The van der Waals surface area contributed by atoms with E-state index < -0.39 is 11.8 Å². The van der Waals surface area contributed by atoms with Crippen molar-refractivity contribution >= 4 is 40.3 Å². The minimum absolute atomic E-state index is 0.0365. The highest BCUT2D eigenvalue weighted by molar-refractivity contribution is 6.31. The van der Waals surface area contributed by atoms with Gasteiger partial charge in [-0.25, -0.2) is 14.2 Å². The Kier molecular flexibility index (Phi) is 5.06. The average Bonchev–Trinajstić information content (AvgIpc) is 2.89. The van der Waals surface area contributed by atoms with E-state index in [0.29, 0.717) is 10.8 Å². The third-order valence-electron chi connectivity index (χ3n) is 3.67. The number of rotatable bonds is 4. The predicted molar refractivity (Wildman–Crippen MR) is 94.0 cm³/mol. The van der Waals surface area contributed by atoms with Gasteiger partial charge in [0.25, 0.3) is 0 Å². The molecular weight excluding hydrogens is 368 g/mol. The Morgan fingerprint density at radius 3 is 2.80 bits per heavy atom. The highest BCUT2D eigenvalue weighted by Crippen LogP contribution is 2.19. The summed E-state index contributed by atoms with van der Waals surface area (Å²) in [6.45, 7) is 0.135. The van der Waals surface area contributed by atoms with Crippen molar-refractivity contribution in [2.24, 2.45) is 7.05 Å². The van der Waals surface area contributed by atoms with E-state index in [-0.39, 0.29) is 23.8 Å². The molecule has 0 saturated heterocycles. The molecule has 3 aromatic rings. The third-order valence-corrected chi connectivity index (χ3v) is 4.20. The lowest BCUT2D eigenvalue weighted by Crippen LogP contribution is -2.35.